The van der Waals surface area contributed by atoms with Crippen LogP contribution in [0.3, 0.4) is 0 Å². The summed E-state index contributed by atoms with van der Waals surface area (Å²) in [7, 11) is 1.58. The van der Waals surface area contributed by atoms with Gasteiger partial charge in [-0.05, 0) is 6.07 Å². The van der Waals surface area contributed by atoms with E-state index in [4.69, 9.17) is 9.47 Å². The first-order chi connectivity index (χ1) is 7.21. The summed E-state index contributed by atoms with van der Waals surface area (Å²) in [5.41, 5.74) is 0.928. The van der Waals surface area contributed by atoms with Crippen LogP contribution in [0.5, 0.6) is 11.5 Å². The zero-order valence-electron chi connectivity index (χ0n) is 8.75. The quantitative estimate of drug-likeness (QED) is 0.480. The summed E-state index contributed by atoms with van der Waals surface area (Å²) in [6, 6.07) is 5.41. The molecule has 0 bridgehead atoms. The van der Waals surface area contributed by atoms with E-state index in [0.717, 1.165) is 5.56 Å². The van der Waals surface area contributed by atoms with Crippen molar-refractivity contribution in [2.45, 2.75) is 18.7 Å². The summed E-state index contributed by atoms with van der Waals surface area (Å²) in [6.45, 7) is 1.76. The Morgan fingerprint density at radius 2 is 2.20 bits per heavy atom. The van der Waals surface area contributed by atoms with Crippen LogP contribution in [0.25, 0.3) is 0 Å². The van der Waals surface area contributed by atoms with E-state index in [1.54, 1.807) is 20.1 Å². The molecule has 0 aliphatic heterocycles. The molecule has 1 aromatic rings. The maximum Gasteiger partial charge on any atom is 0.310 e. The third kappa shape index (κ3) is 3.23. The maximum absolute atomic E-state index is 11.2. The maximum atomic E-state index is 11.2. The van der Waals surface area contributed by atoms with E-state index in [1.807, 2.05) is 12.1 Å². The van der Waals surface area contributed by atoms with Gasteiger partial charge in [0.2, 0.25) is 0 Å². The van der Waals surface area contributed by atoms with Crippen molar-refractivity contribution in [2.75, 3.05) is 7.11 Å². The molecule has 3 nitrogen and oxygen atoms in total. The molecular weight excluding hydrogens is 260 g/mol. The first-order valence-corrected chi connectivity index (χ1v) is 5.77. The minimum atomic E-state index is -0.245. The van der Waals surface area contributed by atoms with Gasteiger partial charge in [0, 0.05) is 23.4 Å². The number of ether oxygens (including phenoxy) is 2. The van der Waals surface area contributed by atoms with Gasteiger partial charge in [0.25, 0.3) is 0 Å². The number of carbonyl (C=O) groups excluding carboxylic acids is 1. The monoisotopic (exact) mass is 272 g/mol. The van der Waals surface area contributed by atoms with Crippen molar-refractivity contribution in [3.63, 3.8) is 0 Å². The zero-order valence-corrected chi connectivity index (χ0v) is 10.3. The first kappa shape index (κ1) is 12.0. The van der Waals surface area contributed by atoms with E-state index in [9.17, 15) is 4.79 Å². The number of methoxy groups -OCH3 is 1. The van der Waals surface area contributed by atoms with Gasteiger partial charge in [-0.2, -0.15) is 0 Å². The lowest BCUT2D eigenvalue weighted by Gasteiger charge is -2.09. The second kappa shape index (κ2) is 5.75. The van der Waals surface area contributed by atoms with Crippen LogP contribution in [0, 0.1) is 0 Å². The van der Waals surface area contributed by atoms with Crippen LogP contribution in [-0.2, 0) is 10.1 Å². The van der Waals surface area contributed by atoms with E-state index in [2.05, 4.69) is 15.9 Å². The lowest BCUT2D eigenvalue weighted by molar-refractivity contribution is -0.134. The number of hydrogen-bond acceptors (Lipinski definition) is 3. The smallest absolute Gasteiger partial charge is 0.310 e. The Hall–Kier alpha value is -1.03. The van der Waals surface area contributed by atoms with Crippen LogP contribution in [0.2, 0.25) is 0 Å². The Balaban J connectivity index is 2.95. The number of benzene rings is 1. The topological polar surface area (TPSA) is 35.5 Å². The van der Waals surface area contributed by atoms with Crippen LogP contribution in [0.15, 0.2) is 18.2 Å². The Labute approximate surface area is 97.5 Å². The van der Waals surface area contributed by atoms with Crippen molar-refractivity contribution in [1.29, 1.82) is 0 Å². The van der Waals surface area contributed by atoms with Crippen molar-refractivity contribution < 1.29 is 14.3 Å². The number of carbonyl (C=O) groups is 1. The van der Waals surface area contributed by atoms with Gasteiger partial charge in [-0.1, -0.05) is 28.9 Å². The highest BCUT2D eigenvalue weighted by Gasteiger charge is 2.08. The number of hydrogen-bond donors (Lipinski definition) is 0. The Morgan fingerprint density at radius 3 is 2.73 bits per heavy atom. The summed E-state index contributed by atoms with van der Waals surface area (Å²) in [6.07, 6.45) is 0.360. The van der Waals surface area contributed by atoms with Crippen LogP contribution in [0.4, 0.5) is 0 Å². The average Bonchev–Trinajstić information content (AvgIpc) is 2.28. The van der Waals surface area contributed by atoms with Gasteiger partial charge in [0.05, 0.1) is 7.11 Å². The Morgan fingerprint density at radius 1 is 1.47 bits per heavy atom. The van der Waals surface area contributed by atoms with Gasteiger partial charge in [-0.3, -0.25) is 4.79 Å². The molecule has 0 aromatic heterocycles. The SMILES string of the molecule is CCC(=O)Oc1cc(OC)ccc1CBr. The predicted molar refractivity (Wildman–Crippen MR) is 61.6 cm³/mol. The van der Waals surface area contributed by atoms with Crippen molar-refractivity contribution in [2.24, 2.45) is 0 Å². The average molecular weight is 273 g/mol. The predicted octanol–water partition coefficient (Wildman–Crippen LogP) is 2.91. The van der Waals surface area contributed by atoms with E-state index in [-0.39, 0.29) is 5.97 Å². The van der Waals surface area contributed by atoms with Gasteiger partial charge < -0.3 is 9.47 Å². The van der Waals surface area contributed by atoms with Crippen molar-refractivity contribution in [1.82, 2.24) is 0 Å². The Kier molecular flexibility index (Phi) is 4.62. The number of alkyl halides is 1. The summed E-state index contributed by atoms with van der Waals surface area (Å²) in [5.74, 6) is 0.988. The highest BCUT2D eigenvalue weighted by molar-refractivity contribution is 9.08. The van der Waals surface area contributed by atoms with Gasteiger partial charge in [-0.25, -0.2) is 0 Å². The fraction of sp³-hybridized carbons (Fsp3) is 0.364. The molecule has 0 N–H and O–H groups in total. The molecular formula is C11H13BrO3. The van der Waals surface area contributed by atoms with Crippen LogP contribution < -0.4 is 9.47 Å². The lowest BCUT2D eigenvalue weighted by Crippen LogP contribution is -2.07. The number of esters is 1. The minimum Gasteiger partial charge on any atom is -0.497 e. The van der Waals surface area contributed by atoms with Crippen LogP contribution in [0.1, 0.15) is 18.9 Å². The molecule has 0 atom stereocenters. The molecule has 0 heterocycles. The third-order valence-corrected chi connectivity index (χ3v) is 2.53. The largest absolute Gasteiger partial charge is 0.497 e. The molecule has 1 aromatic carbocycles. The van der Waals surface area contributed by atoms with Crippen LogP contribution >= 0.6 is 15.9 Å². The fourth-order valence-corrected chi connectivity index (χ4v) is 1.53. The van der Waals surface area contributed by atoms with Crippen molar-refractivity contribution in [3.05, 3.63) is 23.8 Å². The molecule has 0 saturated carbocycles. The molecule has 0 aliphatic carbocycles. The summed E-state index contributed by atoms with van der Waals surface area (Å²) in [4.78, 5) is 11.2. The lowest BCUT2D eigenvalue weighted by atomic mass is 10.2. The highest BCUT2D eigenvalue weighted by atomic mass is 79.9. The van der Waals surface area contributed by atoms with Gasteiger partial charge in [0.15, 0.2) is 0 Å². The normalized spacial score (nSPS) is 9.80. The summed E-state index contributed by atoms with van der Waals surface area (Å²) in [5, 5.41) is 0.642. The standard InChI is InChI=1S/C11H13BrO3/c1-3-11(13)15-10-6-9(14-2)5-4-8(10)7-12/h4-6H,3,7H2,1-2H3. The number of rotatable bonds is 4. The Bertz CT molecular complexity index is 350. The van der Waals surface area contributed by atoms with E-state index in [1.165, 1.54) is 0 Å². The first-order valence-electron chi connectivity index (χ1n) is 4.64. The second-order valence-electron chi connectivity index (χ2n) is 2.93. The summed E-state index contributed by atoms with van der Waals surface area (Å²) >= 11 is 3.33. The van der Waals surface area contributed by atoms with E-state index >= 15 is 0 Å². The fourth-order valence-electron chi connectivity index (χ4n) is 1.06. The van der Waals surface area contributed by atoms with Crippen molar-refractivity contribution in [3.8, 4) is 11.5 Å². The van der Waals surface area contributed by atoms with Gasteiger partial charge >= 0.3 is 5.97 Å². The molecule has 0 radical (unpaired) electrons. The second-order valence-corrected chi connectivity index (χ2v) is 3.50. The molecule has 15 heavy (non-hydrogen) atoms. The zero-order chi connectivity index (χ0) is 11.3. The molecule has 4 heteroatoms. The molecule has 82 valence electrons. The number of halogens is 1. The third-order valence-electron chi connectivity index (χ3n) is 1.93. The van der Waals surface area contributed by atoms with E-state index in [0.29, 0.717) is 23.2 Å². The van der Waals surface area contributed by atoms with Gasteiger partial charge in [-0.15, -0.1) is 0 Å². The van der Waals surface area contributed by atoms with Crippen LogP contribution in [-0.4, -0.2) is 13.1 Å². The molecule has 1 rings (SSSR count). The van der Waals surface area contributed by atoms with Gasteiger partial charge in [0.1, 0.15) is 11.5 Å². The van der Waals surface area contributed by atoms with E-state index < -0.39 is 0 Å². The summed E-state index contributed by atoms with van der Waals surface area (Å²) < 4.78 is 10.2. The molecule has 0 spiro atoms. The molecule has 0 amide bonds. The molecule has 0 saturated heterocycles. The molecule has 0 unspecified atom stereocenters. The molecule has 0 fully saturated rings. The highest BCUT2D eigenvalue weighted by Crippen LogP contribution is 2.26. The minimum absolute atomic E-state index is 0.245. The molecule has 0 aliphatic rings. The van der Waals surface area contributed by atoms with Crippen molar-refractivity contribution >= 4 is 21.9 Å².